The summed E-state index contributed by atoms with van der Waals surface area (Å²) in [7, 11) is 0. The van der Waals surface area contributed by atoms with Crippen LogP contribution in [0.25, 0.3) is 0 Å². The third-order valence-electron chi connectivity index (χ3n) is 1.39. The fraction of sp³-hybridized carbons (Fsp3) is 0.0909. The third kappa shape index (κ3) is 2.57. The van der Waals surface area contributed by atoms with E-state index >= 15 is 0 Å². The van der Waals surface area contributed by atoms with Crippen molar-refractivity contribution in [2.75, 3.05) is 0 Å². The number of hydrogen-bond donors (Lipinski definition) is 2. The molecule has 0 spiro atoms. The number of benzene rings is 1. The molecule has 2 nitrogen and oxygen atoms in total. The second-order valence-electron chi connectivity index (χ2n) is 2.73. The van der Waals surface area contributed by atoms with Gasteiger partial charge in [0.05, 0.1) is 5.56 Å². The van der Waals surface area contributed by atoms with E-state index in [9.17, 15) is 5.11 Å². The lowest BCUT2D eigenvalue weighted by Gasteiger charge is -1.96. The minimum atomic E-state index is 0.0616. The Balaban J connectivity index is 3.09. The summed E-state index contributed by atoms with van der Waals surface area (Å²) in [4.78, 5) is 0. The Morgan fingerprint density at radius 3 is 2.69 bits per heavy atom. The minimum Gasteiger partial charge on any atom is -0.508 e. The second-order valence-corrected chi connectivity index (χ2v) is 2.73. The zero-order chi connectivity index (χ0) is 9.84. The summed E-state index contributed by atoms with van der Waals surface area (Å²) in [6.45, 7) is 5.38. The number of aromatic hydroxyl groups is 2. The van der Waals surface area contributed by atoms with Crippen LogP contribution in [0.2, 0.25) is 0 Å². The molecule has 0 aromatic heterocycles. The highest BCUT2D eigenvalue weighted by atomic mass is 16.3. The number of phenols is 2. The highest BCUT2D eigenvalue weighted by Crippen LogP contribution is 2.20. The molecule has 0 aliphatic rings. The Hall–Kier alpha value is -1.88. The molecule has 0 atom stereocenters. The first-order valence-corrected chi connectivity index (χ1v) is 3.79. The Bertz CT molecular complexity index is 394. The number of phenolic OH excluding ortho intramolecular Hbond substituents is 2. The quantitative estimate of drug-likeness (QED) is 0.466. The molecule has 0 heterocycles. The van der Waals surface area contributed by atoms with Crippen LogP contribution in [0.5, 0.6) is 11.5 Å². The van der Waals surface area contributed by atoms with Gasteiger partial charge in [0.25, 0.3) is 0 Å². The fourth-order valence-corrected chi connectivity index (χ4v) is 0.798. The first-order valence-electron chi connectivity index (χ1n) is 3.79. The smallest absolute Gasteiger partial charge is 0.131 e. The van der Waals surface area contributed by atoms with Crippen molar-refractivity contribution in [2.45, 2.75) is 6.92 Å². The van der Waals surface area contributed by atoms with E-state index in [0.29, 0.717) is 11.1 Å². The molecule has 1 aromatic carbocycles. The minimum absolute atomic E-state index is 0.0616. The van der Waals surface area contributed by atoms with Crippen LogP contribution in [-0.4, -0.2) is 10.2 Å². The summed E-state index contributed by atoms with van der Waals surface area (Å²) in [5, 5.41) is 18.4. The first kappa shape index (κ1) is 9.21. The molecule has 2 heteroatoms. The summed E-state index contributed by atoms with van der Waals surface area (Å²) < 4.78 is 0. The van der Waals surface area contributed by atoms with E-state index in [1.54, 1.807) is 6.92 Å². The maximum Gasteiger partial charge on any atom is 0.131 e. The van der Waals surface area contributed by atoms with Crippen molar-refractivity contribution < 1.29 is 10.2 Å². The van der Waals surface area contributed by atoms with Crippen LogP contribution in [0.15, 0.2) is 30.4 Å². The summed E-state index contributed by atoms with van der Waals surface area (Å²) in [5.41, 5.74) is 1.12. The molecule has 0 fully saturated rings. The molecule has 0 aliphatic carbocycles. The molecule has 0 saturated carbocycles. The standard InChI is InChI=1S/C11H10O2/c1-8(2)3-4-9-7-10(12)5-6-11(9)13/h5-7,12-13H,1H2,2H3. The van der Waals surface area contributed by atoms with Crippen LogP contribution in [-0.2, 0) is 0 Å². The zero-order valence-corrected chi connectivity index (χ0v) is 7.33. The number of rotatable bonds is 0. The maximum atomic E-state index is 9.30. The zero-order valence-electron chi connectivity index (χ0n) is 7.33. The van der Waals surface area contributed by atoms with Crippen molar-refractivity contribution in [2.24, 2.45) is 0 Å². The molecule has 1 rings (SSSR count). The van der Waals surface area contributed by atoms with E-state index in [1.807, 2.05) is 0 Å². The largest absolute Gasteiger partial charge is 0.508 e. The van der Waals surface area contributed by atoms with Gasteiger partial charge in [-0.25, -0.2) is 0 Å². The Morgan fingerprint density at radius 1 is 1.38 bits per heavy atom. The predicted molar refractivity (Wildman–Crippen MR) is 51.5 cm³/mol. The van der Waals surface area contributed by atoms with Gasteiger partial charge in [0.15, 0.2) is 0 Å². The molecule has 1 aromatic rings. The first-order chi connectivity index (χ1) is 6.09. The average Bonchev–Trinajstić information content (AvgIpc) is 2.06. The Kier molecular flexibility index (Phi) is 2.61. The molecule has 0 bridgehead atoms. The van der Waals surface area contributed by atoms with Crippen molar-refractivity contribution in [3.63, 3.8) is 0 Å². The van der Waals surface area contributed by atoms with Crippen LogP contribution < -0.4 is 0 Å². The van der Waals surface area contributed by atoms with Crippen LogP contribution in [0, 0.1) is 11.8 Å². The summed E-state index contributed by atoms with van der Waals surface area (Å²) in [6, 6.07) is 4.21. The van der Waals surface area contributed by atoms with Gasteiger partial charge < -0.3 is 10.2 Å². The second kappa shape index (κ2) is 3.68. The highest BCUT2D eigenvalue weighted by molar-refractivity contribution is 5.50. The average molecular weight is 174 g/mol. The summed E-state index contributed by atoms with van der Waals surface area (Å²) >= 11 is 0. The summed E-state index contributed by atoms with van der Waals surface area (Å²) in [6.07, 6.45) is 0. The van der Waals surface area contributed by atoms with E-state index < -0.39 is 0 Å². The van der Waals surface area contributed by atoms with Crippen molar-refractivity contribution >= 4 is 0 Å². The molecule has 66 valence electrons. The SMILES string of the molecule is C=C(C)C#Cc1cc(O)ccc1O. The van der Waals surface area contributed by atoms with Gasteiger partial charge in [-0.15, -0.1) is 0 Å². The predicted octanol–water partition coefficient (Wildman–Crippen LogP) is 2.03. The molecule has 0 saturated heterocycles. The topological polar surface area (TPSA) is 40.5 Å². The molecule has 13 heavy (non-hydrogen) atoms. The van der Waals surface area contributed by atoms with E-state index in [4.69, 9.17) is 5.11 Å². The van der Waals surface area contributed by atoms with Crippen molar-refractivity contribution in [3.8, 4) is 23.3 Å². The Labute approximate surface area is 77.2 Å². The molecule has 0 amide bonds. The van der Waals surface area contributed by atoms with Gasteiger partial charge in [-0.3, -0.25) is 0 Å². The van der Waals surface area contributed by atoms with Crippen LogP contribution >= 0.6 is 0 Å². The van der Waals surface area contributed by atoms with Crippen molar-refractivity contribution in [1.29, 1.82) is 0 Å². The number of allylic oxidation sites excluding steroid dienone is 1. The van der Waals surface area contributed by atoms with Gasteiger partial charge in [0.2, 0.25) is 0 Å². The van der Waals surface area contributed by atoms with Gasteiger partial charge in [-0.05, 0) is 30.7 Å². The lowest BCUT2D eigenvalue weighted by atomic mass is 10.2. The van der Waals surface area contributed by atoms with Gasteiger partial charge >= 0.3 is 0 Å². The van der Waals surface area contributed by atoms with Crippen LogP contribution in [0.3, 0.4) is 0 Å². The molecular formula is C11H10O2. The van der Waals surface area contributed by atoms with E-state index in [2.05, 4.69) is 18.4 Å². The molecule has 2 N–H and O–H groups in total. The number of hydrogen-bond acceptors (Lipinski definition) is 2. The van der Waals surface area contributed by atoms with Crippen molar-refractivity contribution in [3.05, 3.63) is 35.9 Å². The molecule has 0 radical (unpaired) electrons. The van der Waals surface area contributed by atoms with E-state index in [0.717, 1.165) is 0 Å². The fourth-order valence-electron chi connectivity index (χ4n) is 0.798. The van der Waals surface area contributed by atoms with E-state index in [1.165, 1.54) is 18.2 Å². The normalized spacial score (nSPS) is 8.69. The lowest BCUT2D eigenvalue weighted by molar-refractivity contribution is 0.459. The summed E-state index contributed by atoms with van der Waals surface area (Å²) in [5.74, 6) is 5.56. The third-order valence-corrected chi connectivity index (χ3v) is 1.39. The monoisotopic (exact) mass is 174 g/mol. The lowest BCUT2D eigenvalue weighted by Crippen LogP contribution is -1.76. The molecule has 0 aliphatic heterocycles. The Morgan fingerprint density at radius 2 is 2.08 bits per heavy atom. The molecular weight excluding hydrogens is 164 g/mol. The van der Waals surface area contributed by atoms with Gasteiger partial charge in [-0.2, -0.15) is 0 Å². The van der Waals surface area contributed by atoms with Gasteiger partial charge in [-0.1, -0.05) is 18.4 Å². The molecule has 0 unspecified atom stereocenters. The van der Waals surface area contributed by atoms with Gasteiger partial charge in [0.1, 0.15) is 11.5 Å². The van der Waals surface area contributed by atoms with Crippen LogP contribution in [0.1, 0.15) is 12.5 Å². The van der Waals surface area contributed by atoms with E-state index in [-0.39, 0.29) is 11.5 Å². The maximum absolute atomic E-state index is 9.30. The van der Waals surface area contributed by atoms with Gasteiger partial charge in [0, 0.05) is 0 Å². The van der Waals surface area contributed by atoms with Crippen LogP contribution in [0.4, 0.5) is 0 Å². The highest BCUT2D eigenvalue weighted by Gasteiger charge is 1.97. The van der Waals surface area contributed by atoms with Crippen molar-refractivity contribution in [1.82, 2.24) is 0 Å².